The van der Waals surface area contributed by atoms with Crippen LogP contribution in [0.4, 0.5) is 26.3 Å². The number of hydrogen-bond acceptors (Lipinski definition) is 10. The van der Waals surface area contributed by atoms with Crippen LogP contribution in [0.25, 0.3) is 38.9 Å². The smallest absolute Gasteiger partial charge is 0.344 e. The second-order valence-corrected chi connectivity index (χ2v) is 14.8. The maximum Gasteiger partial charge on any atom is 0.435 e. The fourth-order valence-electron chi connectivity index (χ4n) is 6.54. The van der Waals surface area contributed by atoms with Crippen molar-refractivity contribution in [2.75, 3.05) is 6.54 Å². The lowest BCUT2D eigenvalue weighted by Gasteiger charge is -2.33. The zero-order chi connectivity index (χ0) is 41.8. The molecule has 0 spiro atoms. The lowest BCUT2D eigenvalue weighted by molar-refractivity contribution is -0.141. The minimum absolute atomic E-state index is 0.00597. The summed E-state index contributed by atoms with van der Waals surface area (Å²) in [6, 6.07) is 6.70. The van der Waals surface area contributed by atoms with E-state index in [9.17, 15) is 41.6 Å². The van der Waals surface area contributed by atoms with E-state index in [4.69, 9.17) is 0 Å². The Morgan fingerprint density at radius 3 is 2.50 bits per heavy atom. The number of carbonyl (C=O) groups excluding carboxylic acids is 2. The Bertz CT molecular complexity index is 2760. The van der Waals surface area contributed by atoms with Gasteiger partial charge in [-0.15, -0.1) is 0 Å². The first kappa shape index (κ1) is 39.5. The van der Waals surface area contributed by atoms with Crippen LogP contribution in [0.1, 0.15) is 59.0 Å². The molecule has 0 unspecified atom stereocenters. The van der Waals surface area contributed by atoms with E-state index < -0.39 is 52.9 Å². The highest BCUT2D eigenvalue weighted by Gasteiger charge is 2.38. The van der Waals surface area contributed by atoms with Crippen molar-refractivity contribution in [1.82, 2.24) is 49.3 Å². The van der Waals surface area contributed by atoms with Gasteiger partial charge >= 0.3 is 17.6 Å². The van der Waals surface area contributed by atoms with Crippen molar-refractivity contribution in [3.8, 4) is 28.6 Å². The van der Waals surface area contributed by atoms with E-state index >= 15 is 4.39 Å². The molecule has 0 saturated carbocycles. The van der Waals surface area contributed by atoms with E-state index in [0.717, 1.165) is 51.5 Å². The number of nitrogens with one attached hydrogen (secondary N) is 1. The molecule has 0 atom stereocenters. The maximum atomic E-state index is 15.8. The molecule has 1 N–H and O–H groups in total. The molecular formula is C37H29F6N11O3S. The van der Waals surface area contributed by atoms with Crippen molar-refractivity contribution in [2.45, 2.75) is 52.0 Å². The fourth-order valence-corrected chi connectivity index (χ4v) is 7.38. The largest absolute Gasteiger partial charge is 0.435 e. The Kier molecular flexibility index (Phi) is 10.0. The molecule has 1 aliphatic rings. The number of fused-ring (bicyclic) bond motifs is 2. The monoisotopic (exact) mass is 821 g/mol. The highest BCUT2D eigenvalue weighted by molar-refractivity contribution is 7.16. The van der Waals surface area contributed by atoms with Crippen LogP contribution >= 0.6 is 11.3 Å². The van der Waals surface area contributed by atoms with Crippen molar-refractivity contribution in [3.05, 3.63) is 104 Å². The average Bonchev–Trinajstić information content (AvgIpc) is 3.88. The number of carbonyl (C=O) groups is 2. The molecule has 1 aromatic carbocycles. The number of nitrogens with zero attached hydrogens (tertiary/aromatic N) is 10. The number of rotatable bonds is 9. The molecule has 2 amide bonds. The summed E-state index contributed by atoms with van der Waals surface area (Å²) >= 11 is 0.838. The summed E-state index contributed by atoms with van der Waals surface area (Å²) in [5.74, 6) is -2.55. The van der Waals surface area contributed by atoms with Crippen LogP contribution in [-0.4, -0.2) is 67.9 Å². The van der Waals surface area contributed by atoms with Gasteiger partial charge < -0.3 is 14.8 Å². The summed E-state index contributed by atoms with van der Waals surface area (Å²) in [5, 5.41) is 20.1. The zero-order valence-corrected chi connectivity index (χ0v) is 31.6. The van der Waals surface area contributed by atoms with E-state index in [-0.39, 0.29) is 63.6 Å². The number of nitriles is 1. The second kappa shape index (κ2) is 14.7. The van der Waals surface area contributed by atoms with Crippen LogP contribution in [0.3, 0.4) is 0 Å². The summed E-state index contributed by atoms with van der Waals surface area (Å²) in [6.45, 7) is 0.933. The van der Waals surface area contributed by atoms with E-state index in [1.807, 2.05) is 6.07 Å². The number of alkyl halides is 5. The summed E-state index contributed by atoms with van der Waals surface area (Å²) in [7, 11) is 1.52. The first-order valence-corrected chi connectivity index (χ1v) is 18.0. The predicted octanol–water partition coefficient (Wildman–Crippen LogP) is 5.88. The van der Waals surface area contributed by atoms with Gasteiger partial charge in [-0.1, -0.05) is 11.3 Å². The van der Waals surface area contributed by atoms with Crippen LogP contribution in [0.2, 0.25) is 0 Å². The van der Waals surface area contributed by atoms with Crippen molar-refractivity contribution in [2.24, 2.45) is 7.05 Å². The summed E-state index contributed by atoms with van der Waals surface area (Å²) in [5.41, 5.74) is -2.33. The number of aromatic nitrogens is 8. The molecule has 0 fully saturated rings. The molecule has 0 bridgehead atoms. The zero-order valence-electron chi connectivity index (χ0n) is 30.8. The Morgan fingerprint density at radius 1 is 1.12 bits per heavy atom. The molecule has 5 aromatic heterocycles. The van der Waals surface area contributed by atoms with Crippen molar-refractivity contribution >= 4 is 39.6 Å². The minimum Gasteiger partial charge on any atom is -0.344 e. The first-order chi connectivity index (χ1) is 27.3. The summed E-state index contributed by atoms with van der Waals surface area (Å²) in [4.78, 5) is 54.5. The van der Waals surface area contributed by atoms with Gasteiger partial charge in [0.1, 0.15) is 28.2 Å². The third-order valence-corrected chi connectivity index (χ3v) is 10.2. The number of aryl methyl sites for hydroxylation is 2. The molecule has 7 rings (SSSR count). The van der Waals surface area contributed by atoms with E-state index in [2.05, 4.69) is 30.5 Å². The molecule has 0 saturated heterocycles. The number of hydrogen-bond donors (Lipinski definition) is 1. The van der Waals surface area contributed by atoms with Crippen LogP contribution < -0.4 is 10.2 Å². The summed E-state index contributed by atoms with van der Waals surface area (Å²) < 4.78 is 87.0. The Labute approximate surface area is 327 Å². The standard InChI is InChI=1S/C37H29F6N11O3S/c1-18-45-14-21(15-46-18)25-11-28(37(41,42)43)50-54(25)17-36(2,3)49-31(55)26(9-19-13-47-53(16-19)34(39)40)52-8-7-22-23(5-6-24(38)29(22)33(52)56)30-20(12-44)10-27-32(48-30)58-35(57)51(27)4/h5-6,9-11,13-16,34H,7-8,17H2,1-4H3,(H,49,55)/b26-9+. The quantitative estimate of drug-likeness (QED) is 0.138. The molecule has 0 aliphatic carbocycles. The normalized spacial score (nSPS) is 13.7. The van der Waals surface area contributed by atoms with Gasteiger partial charge in [-0.2, -0.15) is 37.4 Å². The molecular weight excluding hydrogens is 793 g/mol. The van der Waals surface area contributed by atoms with Gasteiger partial charge in [-0.3, -0.25) is 19.1 Å². The van der Waals surface area contributed by atoms with Crippen molar-refractivity contribution in [3.63, 3.8) is 0 Å². The third kappa shape index (κ3) is 7.45. The lowest BCUT2D eigenvalue weighted by Crippen LogP contribution is -2.51. The molecule has 6 heterocycles. The first-order valence-electron chi connectivity index (χ1n) is 17.2. The molecule has 58 heavy (non-hydrogen) atoms. The Hall–Kier alpha value is -6.69. The van der Waals surface area contributed by atoms with Gasteiger partial charge in [-0.25, -0.2) is 24.0 Å². The SMILES string of the molecule is Cc1ncc(-c2cc(C(F)(F)F)nn2CC(C)(C)NC(=O)/C(=C\c2cnn(C(F)F)c2)N2CCc3c(-c4nc5sc(=O)n(C)c5cc4C#N)ccc(F)c3C2=O)cn1. The van der Waals surface area contributed by atoms with Gasteiger partial charge in [0.2, 0.25) is 0 Å². The van der Waals surface area contributed by atoms with Crippen LogP contribution in [-0.2, 0) is 31.0 Å². The number of amides is 2. The van der Waals surface area contributed by atoms with Crippen molar-refractivity contribution in [1.29, 1.82) is 5.26 Å². The second-order valence-electron chi connectivity index (χ2n) is 13.9. The molecule has 14 nitrogen and oxygen atoms in total. The molecule has 298 valence electrons. The number of thiazole rings is 1. The summed E-state index contributed by atoms with van der Waals surface area (Å²) in [6.07, 6.45) is 0.799. The minimum atomic E-state index is -4.82. The molecule has 21 heteroatoms. The molecule has 1 aliphatic heterocycles. The van der Waals surface area contributed by atoms with Crippen molar-refractivity contribution < 1.29 is 35.9 Å². The average molecular weight is 822 g/mol. The maximum absolute atomic E-state index is 15.8. The molecule has 6 aromatic rings. The van der Waals surface area contributed by atoms with Gasteiger partial charge in [0.25, 0.3) is 11.8 Å². The van der Waals surface area contributed by atoms with E-state index in [1.54, 1.807) is 6.92 Å². The fraction of sp³-hybridized carbons (Fsp3) is 0.270. The van der Waals surface area contributed by atoms with Gasteiger partial charge in [0.05, 0.1) is 46.3 Å². The lowest BCUT2D eigenvalue weighted by atomic mass is 9.90. The van der Waals surface area contributed by atoms with E-state index in [0.29, 0.717) is 20.9 Å². The Balaban J connectivity index is 1.26. The van der Waals surface area contributed by atoms with Gasteiger partial charge in [-0.05, 0) is 63.1 Å². The predicted molar refractivity (Wildman–Crippen MR) is 196 cm³/mol. The van der Waals surface area contributed by atoms with Crippen LogP contribution in [0.5, 0.6) is 0 Å². The topological polar surface area (TPSA) is 170 Å². The van der Waals surface area contributed by atoms with Crippen LogP contribution in [0.15, 0.2) is 59.5 Å². The highest BCUT2D eigenvalue weighted by Crippen LogP contribution is 2.36. The third-order valence-electron chi connectivity index (χ3n) is 9.26. The van der Waals surface area contributed by atoms with Gasteiger partial charge in [0, 0.05) is 48.9 Å². The number of halogens is 6. The highest BCUT2D eigenvalue weighted by atomic mass is 32.1. The van der Waals surface area contributed by atoms with E-state index in [1.165, 1.54) is 50.0 Å². The number of benzene rings is 1. The molecule has 0 radical (unpaired) electrons. The van der Waals surface area contributed by atoms with Crippen LogP contribution in [0, 0.1) is 24.1 Å². The Morgan fingerprint density at radius 2 is 1.84 bits per heavy atom. The van der Waals surface area contributed by atoms with Gasteiger partial charge in [0.15, 0.2) is 5.69 Å². The number of pyridine rings is 1.